The molecule has 2 aliphatic rings. The van der Waals surface area contributed by atoms with E-state index < -0.39 is 18.0 Å². The van der Waals surface area contributed by atoms with Gasteiger partial charge in [-0.15, -0.1) is 0 Å². The lowest BCUT2D eigenvalue weighted by molar-refractivity contribution is 0.0746. The van der Waals surface area contributed by atoms with E-state index in [-0.39, 0.29) is 30.1 Å². The number of hydrogen-bond acceptors (Lipinski definition) is 9. The summed E-state index contributed by atoms with van der Waals surface area (Å²) in [4.78, 5) is 38.7. The second kappa shape index (κ2) is 11.2. The zero-order chi connectivity index (χ0) is 26.5. The quantitative estimate of drug-likeness (QED) is 0.230. The summed E-state index contributed by atoms with van der Waals surface area (Å²) >= 11 is 4.65. The van der Waals surface area contributed by atoms with Gasteiger partial charge in [0, 0.05) is 32.4 Å². The highest BCUT2D eigenvalue weighted by atomic mass is 32.1. The second-order valence-corrected chi connectivity index (χ2v) is 8.65. The first kappa shape index (κ1) is 25.9. The molecule has 14 heteroatoms. The number of amidine groups is 1. The highest BCUT2D eigenvalue weighted by Crippen LogP contribution is 2.29. The van der Waals surface area contributed by atoms with Crippen LogP contribution in [0.1, 0.15) is 16.1 Å². The fourth-order valence-electron chi connectivity index (χ4n) is 4.06. The van der Waals surface area contributed by atoms with Crippen molar-refractivity contribution >= 4 is 46.6 Å². The van der Waals surface area contributed by atoms with Crippen LogP contribution < -0.4 is 21.3 Å². The number of halogens is 1. The van der Waals surface area contributed by atoms with Gasteiger partial charge in [-0.25, -0.2) is 9.18 Å². The summed E-state index contributed by atoms with van der Waals surface area (Å²) in [5.41, 5.74) is 12.6. The van der Waals surface area contributed by atoms with E-state index in [1.165, 1.54) is 24.3 Å². The number of piperazine rings is 1. The molecule has 12 nitrogen and oxygen atoms in total. The van der Waals surface area contributed by atoms with E-state index in [0.29, 0.717) is 48.8 Å². The van der Waals surface area contributed by atoms with Crippen LogP contribution >= 0.6 is 12.2 Å². The van der Waals surface area contributed by atoms with Gasteiger partial charge in [0.25, 0.3) is 11.1 Å². The normalized spacial score (nSPS) is 18.0. The average molecular weight is 532 g/mol. The van der Waals surface area contributed by atoms with Crippen LogP contribution in [0.3, 0.4) is 0 Å². The molecule has 37 heavy (non-hydrogen) atoms. The Kier molecular flexibility index (Phi) is 7.86. The number of benzene rings is 1. The number of aromatic nitrogens is 1. The molecule has 2 aromatic rings. The van der Waals surface area contributed by atoms with Gasteiger partial charge < -0.3 is 35.6 Å². The summed E-state index contributed by atoms with van der Waals surface area (Å²) in [5.74, 6) is -0.559. The molecular formula is C23H26FN7O5S. The van der Waals surface area contributed by atoms with Gasteiger partial charge in [0.2, 0.25) is 0 Å². The molecule has 1 aromatic heterocycles. The first-order valence-corrected chi connectivity index (χ1v) is 11.7. The maximum Gasteiger partial charge on any atom is 0.414 e. The van der Waals surface area contributed by atoms with Crippen LogP contribution in [0.4, 0.5) is 20.6 Å². The molecule has 2 amide bonds. The number of nitrogens with zero attached hydrogens (tertiary/aromatic N) is 5. The second-order valence-electron chi connectivity index (χ2n) is 8.25. The van der Waals surface area contributed by atoms with E-state index in [4.69, 9.17) is 20.9 Å². The van der Waals surface area contributed by atoms with Crippen LogP contribution in [0.2, 0.25) is 0 Å². The molecular weight excluding hydrogens is 505 g/mol. The van der Waals surface area contributed by atoms with Gasteiger partial charge in [-0.2, -0.15) is 0 Å². The predicted octanol–water partition coefficient (Wildman–Crippen LogP) is 1.04. The Labute approximate surface area is 217 Å². The Balaban J connectivity index is 1.35. The molecule has 3 heterocycles. The lowest BCUT2D eigenvalue weighted by Gasteiger charge is -2.36. The van der Waals surface area contributed by atoms with Gasteiger partial charge in [-0.05, 0) is 42.5 Å². The number of amides is 2. The molecule has 0 spiro atoms. The minimum Gasteiger partial charge on any atom is -0.467 e. The summed E-state index contributed by atoms with van der Waals surface area (Å²) in [7, 11) is 1.38. The molecule has 2 saturated heterocycles. The molecule has 1 atom stereocenters. The van der Waals surface area contributed by atoms with Gasteiger partial charge in [-0.3, -0.25) is 14.7 Å². The van der Waals surface area contributed by atoms with E-state index >= 15 is 4.39 Å². The van der Waals surface area contributed by atoms with Crippen molar-refractivity contribution in [3.8, 4) is 0 Å². The van der Waals surface area contributed by atoms with Gasteiger partial charge in [-0.1, -0.05) is 5.16 Å². The molecule has 0 unspecified atom stereocenters. The predicted molar refractivity (Wildman–Crippen MR) is 137 cm³/mol. The molecule has 2 fully saturated rings. The summed E-state index contributed by atoms with van der Waals surface area (Å²) < 4.78 is 25.3. The molecule has 1 aromatic carbocycles. The SMILES string of the molecule is CO/N=C(/N)c1ccc(C(=O)N2CCN(c3ccc(N4C[C@@H](COC(N)=S)OC4=O)cc3F)CC2)cn1. The van der Waals surface area contributed by atoms with Crippen LogP contribution in [0.5, 0.6) is 0 Å². The summed E-state index contributed by atoms with van der Waals surface area (Å²) in [6, 6.07) is 7.77. The van der Waals surface area contributed by atoms with Crippen LogP contribution in [-0.4, -0.2) is 85.4 Å². The number of hydrogen-bond donors (Lipinski definition) is 2. The average Bonchev–Trinajstić information content (AvgIpc) is 3.27. The molecule has 4 N–H and O–H groups in total. The molecule has 0 bridgehead atoms. The number of oxime groups is 1. The minimum absolute atomic E-state index is 0.0253. The number of thiocarbonyl (C=S) groups is 1. The zero-order valence-electron chi connectivity index (χ0n) is 20.0. The molecule has 196 valence electrons. The number of rotatable bonds is 7. The van der Waals surface area contributed by atoms with Crippen molar-refractivity contribution in [3.05, 3.63) is 53.6 Å². The minimum atomic E-state index is -0.605. The molecule has 0 radical (unpaired) electrons. The number of pyridine rings is 1. The lowest BCUT2D eigenvalue weighted by atomic mass is 10.1. The van der Waals surface area contributed by atoms with Crippen LogP contribution in [-0.2, 0) is 14.3 Å². The fraction of sp³-hybridized carbons (Fsp3) is 0.348. The van der Waals surface area contributed by atoms with Crippen LogP contribution in [0, 0.1) is 5.82 Å². The van der Waals surface area contributed by atoms with E-state index in [1.807, 2.05) is 4.90 Å². The van der Waals surface area contributed by atoms with Gasteiger partial charge >= 0.3 is 6.09 Å². The molecule has 2 aliphatic heterocycles. The van der Waals surface area contributed by atoms with E-state index in [9.17, 15) is 9.59 Å². The van der Waals surface area contributed by atoms with E-state index in [2.05, 4.69) is 27.2 Å². The van der Waals surface area contributed by atoms with Gasteiger partial charge in [0.05, 0.1) is 23.5 Å². The van der Waals surface area contributed by atoms with Crippen molar-refractivity contribution in [2.24, 2.45) is 16.6 Å². The highest BCUT2D eigenvalue weighted by Gasteiger charge is 2.33. The third-order valence-corrected chi connectivity index (χ3v) is 6.02. The van der Waals surface area contributed by atoms with Crippen molar-refractivity contribution in [1.82, 2.24) is 9.88 Å². The maximum atomic E-state index is 15.0. The third-order valence-electron chi connectivity index (χ3n) is 5.90. The molecule has 4 rings (SSSR count). The standard InChI is InChI=1S/C23H26FN7O5S/c1-34-28-20(25)18-4-2-14(11-27-18)21(32)30-8-6-29(7-9-30)19-5-3-15(10-17(19)24)31-12-16(36-23(31)33)13-35-22(26)37/h2-5,10-11,16H,6-9,12-13H2,1H3,(H2,25,28)(H2,26,37)/t16-/m0/s1. The third kappa shape index (κ3) is 5.97. The van der Waals surface area contributed by atoms with Crippen molar-refractivity contribution in [2.75, 3.05) is 56.2 Å². The van der Waals surface area contributed by atoms with Crippen LogP contribution in [0.25, 0.3) is 0 Å². The molecule has 0 aliphatic carbocycles. The largest absolute Gasteiger partial charge is 0.467 e. The van der Waals surface area contributed by atoms with E-state index in [0.717, 1.165) is 0 Å². The van der Waals surface area contributed by atoms with Gasteiger partial charge in [0.15, 0.2) is 11.9 Å². The Morgan fingerprint density at radius 3 is 2.62 bits per heavy atom. The Hall–Kier alpha value is -4.20. The number of ether oxygens (including phenoxy) is 2. The number of cyclic esters (lactones) is 1. The fourth-order valence-corrected chi connectivity index (χ4v) is 4.13. The number of nitrogens with two attached hydrogens (primary N) is 2. The Morgan fingerprint density at radius 1 is 1.24 bits per heavy atom. The summed E-state index contributed by atoms with van der Waals surface area (Å²) in [6.07, 6.45) is 0.265. The van der Waals surface area contributed by atoms with E-state index in [1.54, 1.807) is 29.2 Å². The van der Waals surface area contributed by atoms with Crippen molar-refractivity contribution in [1.29, 1.82) is 0 Å². The smallest absolute Gasteiger partial charge is 0.414 e. The summed E-state index contributed by atoms with van der Waals surface area (Å²) in [5, 5.41) is 3.47. The van der Waals surface area contributed by atoms with Crippen molar-refractivity contribution in [2.45, 2.75) is 6.10 Å². The topological polar surface area (TPSA) is 149 Å². The zero-order valence-corrected chi connectivity index (χ0v) is 20.8. The Bertz CT molecular complexity index is 1200. The number of anilines is 2. The highest BCUT2D eigenvalue weighted by molar-refractivity contribution is 7.80. The van der Waals surface area contributed by atoms with Crippen molar-refractivity contribution < 1.29 is 28.3 Å². The lowest BCUT2D eigenvalue weighted by Crippen LogP contribution is -2.49. The first-order valence-electron chi connectivity index (χ1n) is 11.3. The maximum absolute atomic E-state index is 15.0. The number of carbonyl (C=O) groups is 2. The molecule has 0 saturated carbocycles. The van der Waals surface area contributed by atoms with Crippen molar-refractivity contribution in [3.63, 3.8) is 0 Å². The Morgan fingerprint density at radius 2 is 2.00 bits per heavy atom. The monoisotopic (exact) mass is 531 g/mol. The number of carbonyl (C=O) groups excluding carboxylic acids is 2. The summed E-state index contributed by atoms with van der Waals surface area (Å²) in [6.45, 7) is 1.88. The van der Waals surface area contributed by atoms with Gasteiger partial charge in [0.1, 0.15) is 25.2 Å². The van der Waals surface area contributed by atoms with Crippen LogP contribution in [0.15, 0.2) is 41.7 Å². The first-order chi connectivity index (χ1) is 17.8.